The Morgan fingerprint density at radius 3 is 2.14 bits per heavy atom. The zero-order valence-electron chi connectivity index (χ0n) is 16.5. The van der Waals surface area contributed by atoms with Gasteiger partial charge >= 0.3 is 5.97 Å². The second-order valence-electron chi connectivity index (χ2n) is 6.64. The minimum atomic E-state index is -0.797. The van der Waals surface area contributed by atoms with Gasteiger partial charge in [0.25, 0.3) is 0 Å². The predicted octanol–water partition coefficient (Wildman–Crippen LogP) is 3.15. The van der Waals surface area contributed by atoms with Crippen LogP contribution in [0, 0.1) is 3.57 Å². The first-order valence-corrected chi connectivity index (χ1v) is 10.4. The minimum absolute atomic E-state index is 0.00722. The molecule has 2 amide bonds. The maximum atomic E-state index is 12.3. The molecule has 0 saturated carbocycles. The van der Waals surface area contributed by atoms with Crippen molar-refractivity contribution in [1.82, 2.24) is 10.6 Å². The molecule has 29 heavy (non-hydrogen) atoms. The summed E-state index contributed by atoms with van der Waals surface area (Å²) in [6.45, 7) is 1.89. The van der Waals surface area contributed by atoms with E-state index in [-0.39, 0.29) is 30.7 Å². The number of benzene rings is 2. The fraction of sp³-hybridized carbons (Fsp3) is 0.318. The van der Waals surface area contributed by atoms with Crippen molar-refractivity contribution in [3.8, 4) is 0 Å². The van der Waals surface area contributed by atoms with E-state index in [9.17, 15) is 14.4 Å². The van der Waals surface area contributed by atoms with Gasteiger partial charge < -0.3 is 15.4 Å². The molecular formula is C22H25IN2O4. The molecule has 7 heteroatoms. The number of carbonyl (C=O) groups excluding carboxylic acids is 3. The highest BCUT2D eigenvalue weighted by Crippen LogP contribution is 2.14. The molecule has 0 fully saturated rings. The summed E-state index contributed by atoms with van der Waals surface area (Å²) in [4.78, 5) is 36.6. The van der Waals surface area contributed by atoms with Crippen LogP contribution in [-0.2, 0) is 25.5 Å². The van der Waals surface area contributed by atoms with E-state index < -0.39 is 12.0 Å². The zero-order valence-corrected chi connectivity index (χ0v) is 18.6. The van der Waals surface area contributed by atoms with Gasteiger partial charge in [-0.05, 0) is 46.7 Å². The molecule has 0 aromatic heterocycles. The molecule has 0 aliphatic rings. The monoisotopic (exact) mass is 508 g/mol. The number of halogens is 1. The van der Waals surface area contributed by atoms with Gasteiger partial charge in [0, 0.05) is 22.8 Å². The van der Waals surface area contributed by atoms with Crippen LogP contribution < -0.4 is 10.6 Å². The Bertz CT molecular complexity index is 842. The van der Waals surface area contributed by atoms with Gasteiger partial charge in [-0.1, -0.05) is 48.5 Å². The number of amides is 2. The van der Waals surface area contributed by atoms with Crippen LogP contribution in [-0.4, -0.2) is 30.9 Å². The van der Waals surface area contributed by atoms with Gasteiger partial charge in [-0.3, -0.25) is 9.59 Å². The number of rotatable bonds is 9. The van der Waals surface area contributed by atoms with Crippen LogP contribution in [0.3, 0.4) is 0 Å². The van der Waals surface area contributed by atoms with Crippen molar-refractivity contribution >= 4 is 40.4 Å². The second-order valence-corrected chi connectivity index (χ2v) is 7.80. The molecule has 0 unspecified atom stereocenters. The third-order valence-electron chi connectivity index (χ3n) is 4.46. The Labute approximate surface area is 184 Å². The van der Waals surface area contributed by atoms with E-state index in [1.54, 1.807) is 0 Å². The van der Waals surface area contributed by atoms with Crippen LogP contribution in [0.15, 0.2) is 54.6 Å². The summed E-state index contributed by atoms with van der Waals surface area (Å²) in [5.74, 6) is -1.10. The lowest BCUT2D eigenvalue weighted by molar-refractivity contribution is -0.145. The highest BCUT2D eigenvalue weighted by molar-refractivity contribution is 14.1. The molecule has 2 N–H and O–H groups in total. The van der Waals surface area contributed by atoms with E-state index >= 15 is 0 Å². The first-order valence-electron chi connectivity index (χ1n) is 9.35. The van der Waals surface area contributed by atoms with Crippen molar-refractivity contribution in [3.63, 3.8) is 0 Å². The van der Waals surface area contributed by atoms with Crippen molar-refractivity contribution < 1.29 is 19.1 Å². The van der Waals surface area contributed by atoms with Gasteiger partial charge in [0.1, 0.15) is 6.04 Å². The number of nitrogens with one attached hydrogen (secondary N) is 2. The molecule has 0 radical (unpaired) electrons. The normalized spacial score (nSPS) is 12.5. The lowest BCUT2D eigenvalue weighted by atomic mass is 10.1. The highest BCUT2D eigenvalue weighted by Gasteiger charge is 2.23. The predicted molar refractivity (Wildman–Crippen MR) is 119 cm³/mol. The summed E-state index contributed by atoms with van der Waals surface area (Å²) in [5.41, 5.74) is 1.94. The quantitative estimate of drug-likeness (QED) is 0.403. The number of esters is 1. The molecule has 0 aliphatic carbocycles. The van der Waals surface area contributed by atoms with Crippen LogP contribution in [0.25, 0.3) is 0 Å². The molecule has 2 aromatic rings. The van der Waals surface area contributed by atoms with Gasteiger partial charge in [0.05, 0.1) is 13.2 Å². The van der Waals surface area contributed by atoms with Crippen LogP contribution in [0.1, 0.15) is 36.9 Å². The zero-order chi connectivity index (χ0) is 21.2. The summed E-state index contributed by atoms with van der Waals surface area (Å²) in [6.07, 6.45) is 0.362. The molecule has 0 heterocycles. The van der Waals surface area contributed by atoms with Crippen molar-refractivity contribution in [2.45, 2.75) is 38.3 Å². The first-order chi connectivity index (χ1) is 13.9. The second kappa shape index (κ2) is 11.5. The van der Waals surface area contributed by atoms with Gasteiger partial charge in [-0.15, -0.1) is 0 Å². The summed E-state index contributed by atoms with van der Waals surface area (Å²) in [5, 5.41) is 5.56. The molecule has 6 nitrogen and oxygen atoms in total. The van der Waals surface area contributed by atoms with Gasteiger partial charge in [-0.25, -0.2) is 4.79 Å². The number of methoxy groups -OCH3 is 1. The highest BCUT2D eigenvalue weighted by atomic mass is 127. The largest absolute Gasteiger partial charge is 0.467 e. The van der Waals surface area contributed by atoms with E-state index in [1.807, 2.05) is 61.5 Å². The van der Waals surface area contributed by atoms with E-state index in [0.29, 0.717) is 6.42 Å². The summed E-state index contributed by atoms with van der Waals surface area (Å²) >= 11 is 2.19. The molecule has 0 aliphatic heterocycles. The van der Waals surface area contributed by atoms with E-state index in [2.05, 4.69) is 33.2 Å². The summed E-state index contributed by atoms with van der Waals surface area (Å²) < 4.78 is 5.82. The van der Waals surface area contributed by atoms with Gasteiger partial charge in [0.2, 0.25) is 11.8 Å². The SMILES string of the molecule is COC(=O)[C@@H](Cc1ccccc1I)NC(=O)CCC(=O)N[C@H](C)c1ccccc1. The standard InChI is InChI=1S/C22H25IN2O4/c1-15(16-8-4-3-5-9-16)24-20(26)12-13-21(27)25-19(22(28)29-2)14-17-10-6-7-11-18(17)23/h3-11,15,19H,12-14H2,1-2H3,(H,24,26)(H,25,27)/t15-,19-/m1/s1. The molecule has 154 valence electrons. The average Bonchev–Trinajstić information content (AvgIpc) is 2.73. The Kier molecular flexibility index (Phi) is 9.11. The first kappa shape index (κ1) is 22.9. The van der Waals surface area contributed by atoms with Crippen molar-refractivity contribution in [1.29, 1.82) is 0 Å². The molecule has 2 aromatic carbocycles. The Morgan fingerprint density at radius 1 is 0.931 bits per heavy atom. The number of hydrogen-bond donors (Lipinski definition) is 2. The van der Waals surface area contributed by atoms with Crippen molar-refractivity contribution in [2.75, 3.05) is 7.11 Å². The molecular weight excluding hydrogens is 483 g/mol. The molecule has 2 rings (SSSR count). The molecule has 2 atom stereocenters. The molecule has 0 saturated heterocycles. The summed E-state index contributed by atoms with van der Waals surface area (Å²) in [7, 11) is 1.29. The number of hydrogen-bond acceptors (Lipinski definition) is 4. The number of ether oxygens (including phenoxy) is 1. The van der Waals surface area contributed by atoms with Gasteiger partial charge in [0.15, 0.2) is 0 Å². The van der Waals surface area contributed by atoms with Crippen LogP contribution in [0.2, 0.25) is 0 Å². The minimum Gasteiger partial charge on any atom is -0.467 e. The van der Waals surface area contributed by atoms with Crippen LogP contribution >= 0.6 is 22.6 Å². The Hall–Kier alpha value is -2.42. The Morgan fingerprint density at radius 2 is 1.52 bits per heavy atom. The van der Waals surface area contributed by atoms with Crippen molar-refractivity contribution in [3.05, 3.63) is 69.3 Å². The lowest BCUT2D eigenvalue weighted by Crippen LogP contribution is -2.43. The van der Waals surface area contributed by atoms with E-state index in [1.165, 1.54) is 7.11 Å². The van der Waals surface area contributed by atoms with Crippen LogP contribution in [0.5, 0.6) is 0 Å². The molecule has 0 bridgehead atoms. The number of carbonyl (C=O) groups is 3. The topological polar surface area (TPSA) is 84.5 Å². The lowest BCUT2D eigenvalue weighted by Gasteiger charge is -2.18. The van der Waals surface area contributed by atoms with E-state index in [4.69, 9.17) is 4.74 Å². The average molecular weight is 508 g/mol. The fourth-order valence-electron chi connectivity index (χ4n) is 2.85. The van der Waals surface area contributed by atoms with Crippen LogP contribution in [0.4, 0.5) is 0 Å². The maximum absolute atomic E-state index is 12.3. The Balaban J connectivity index is 1.87. The molecule has 0 spiro atoms. The van der Waals surface area contributed by atoms with E-state index in [0.717, 1.165) is 14.7 Å². The van der Waals surface area contributed by atoms with Gasteiger partial charge in [-0.2, -0.15) is 0 Å². The smallest absolute Gasteiger partial charge is 0.328 e. The van der Waals surface area contributed by atoms with Crippen molar-refractivity contribution in [2.24, 2.45) is 0 Å². The maximum Gasteiger partial charge on any atom is 0.328 e. The summed E-state index contributed by atoms with van der Waals surface area (Å²) in [6, 6.07) is 16.3. The third-order valence-corrected chi connectivity index (χ3v) is 5.51. The fourth-order valence-corrected chi connectivity index (χ4v) is 3.46. The third kappa shape index (κ3) is 7.49.